The summed E-state index contributed by atoms with van der Waals surface area (Å²) < 4.78 is 2.81. The minimum atomic E-state index is 0.310. The van der Waals surface area contributed by atoms with Crippen LogP contribution in [0.2, 0.25) is 0 Å². The van der Waals surface area contributed by atoms with E-state index in [1.165, 1.54) is 107 Å². The molecule has 0 unspecified atom stereocenters. The van der Waals surface area contributed by atoms with Crippen molar-refractivity contribution in [3.63, 3.8) is 0 Å². The molecule has 0 atom stereocenters. The quantitative estimate of drug-likeness (QED) is 0.0677. The van der Waals surface area contributed by atoms with Crippen molar-refractivity contribution in [1.82, 2.24) is 0 Å². The normalized spacial score (nSPS) is 11.6. The third kappa shape index (κ3) is 11.3. The Morgan fingerprint density at radius 1 is 0.390 bits per heavy atom. The van der Waals surface area contributed by atoms with E-state index in [4.69, 9.17) is 0 Å². The topological polar surface area (TPSA) is 0 Å². The van der Waals surface area contributed by atoms with Gasteiger partial charge in [-0.05, 0) is 0 Å². The standard InChI is InChI=1S/C40H46Se/c1-3-5-7-9-11-33-13-17-35(18-14-33)21-23-37-25-29-39(30-26-37)41-40-31-27-38(28-32-40)24-22-36-19-15-34(16-20-36)12-10-8-6-4-2/h13-32H,3-12H2,1-2H3/b23-21+,24-22+. The molecule has 0 aliphatic rings. The molecule has 0 fully saturated rings. The second kappa shape index (κ2) is 17.6. The molecular formula is C40H46Se. The van der Waals surface area contributed by atoms with Crippen LogP contribution in [0.15, 0.2) is 97.1 Å². The van der Waals surface area contributed by atoms with Crippen molar-refractivity contribution >= 4 is 48.2 Å². The molecule has 4 aromatic rings. The van der Waals surface area contributed by atoms with Gasteiger partial charge in [0.2, 0.25) is 0 Å². The van der Waals surface area contributed by atoms with Crippen molar-refractivity contribution in [2.75, 3.05) is 0 Å². The Bertz CT molecular complexity index is 1220. The Morgan fingerprint density at radius 3 is 1.02 bits per heavy atom. The van der Waals surface area contributed by atoms with Gasteiger partial charge in [-0.15, -0.1) is 0 Å². The third-order valence-corrected chi connectivity index (χ3v) is 9.66. The second-order valence-electron chi connectivity index (χ2n) is 11.0. The zero-order chi connectivity index (χ0) is 28.5. The molecule has 0 amide bonds. The predicted molar refractivity (Wildman–Crippen MR) is 184 cm³/mol. The van der Waals surface area contributed by atoms with Crippen LogP contribution < -0.4 is 8.92 Å². The molecule has 0 saturated carbocycles. The van der Waals surface area contributed by atoms with E-state index in [2.05, 4.69) is 135 Å². The molecule has 0 bridgehead atoms. The Labute approximate surface area is 255 Å². The first-order valence-corrected chi connectivity index (χ1v) is 17.3. The summed E-state index contributed by atoms with van der Waals surface area (Å²) in [4.78, 5) is 0. The fraction of sp³-hybridized carbons (Fsp3) is 0.300. The number of unbranched alkanes of at least 4 members (excludes halogenated alkanes) is 6. The molecule has 0 aromatic heterocycles. The molecule has 4 aromatic carbocycles. The monoisotopic (exact) mass is 606 g/mol. The summed E-state index contributed by atoms with van der Waals surface area (Å²) in [6.45, 7) is 4.53. The summed E-state index contributed by atoms with van der Waals surface area (Å²) in [5.41, 5.74) is 7.93. The minimum absolute atomic E-state index is 0.310. The van der Waals surface area contributed by atoms with Crippen molar-refractivity contribution in [2.45, 2.75) is 78.1 Å². The molecule has 0 aliphatic carbocycles. The summed E-state index contributed by atoms with van der Waals surface area (Å²) in [7, 11) is 0. The van der Waals surface area contributed by atoms with Gasteiger partial charge in [-0.3, -0.25) is 0 Å². The average molecular weight is 606 g/mol. The van der Waals surface area contributed by atoms with E-state index in [1.54, 1.807) is 0 Å². The van der Waals surface area contributed by atoms with Gasteiger partial charge in [0, 0.05) is 0 Å². The fourth-order valence-electron chi connectivity index (χ4n) is 4.92. The Morgan fingerprint density at radius 2 is 0.707 bits per heavy atom. The summed E-state index contributed by atoms with van der Waals surface area (Å²) >= 11 is 0.310. The van der Waals surface area contributed by atoms with Gasteiger partial charge in [0.15, 0.2) is 0 Å². The van der Waals surface area contributed by atoms with Crippen LogP contribution in [0.25, 0.3) is 24.3 Å². The first kappa shape index (κ1) is 30.8. The van der Waals surface area contributed by atoms with Gasteiger partial charge in [0.1, 0.15) is 0 Å². The van der Waals surface area contributed by atoms with Crippen molar-refractivity contribution in [1.29, 1.82) is 0 Å². The van der Waals surface area contributed by atoms with Gasteiger partial charge in [0.25, 0.3) is 0 Å². The average Bonchev–Trinajstić information content (AvgIpc) is 3.02. The zero-order valence-corrected chi connectivity index (χ0v) is 26.7. The Kier molecular flexibility index (Phi) is 13.3. The van der Waals surface area contributed by atoms with E-state index in [9.17, 15) is 0 Å². The molecule has 0 spiro atoms. The van der Waals surface area contributed by atoms with Crippen LogP contribution in [-0.2, 0) is 12.8 Å². The van der Waals surface area contributed by atoms with E-state index < -0.39 is 0 Å². The van der Waals surface area contributed by atoms with E-state index in [-0.39, 0.29) is 0 Å². The molecule has 0 heterocycles. The molecule has 0 radical (unpaired) electrons. The second-order valence-corrected chi connectivity index (χ2v) is 13.4. The summed E-state index contributed by atoms with van der Waals surface area (Å²) in [5, 5.41) is 0. The van der Waals surface area contributed by atoms with Crippen molar-refractivity contribution in [3.05, 3.63) is 130 Å². The maximum absolute atomic E-state index is 2.28. The summed E-state index contributed by atoms with van der Waals surface area (Å²) in [6, 6.07) is 36.2. The summed E-state index contributed by atoms with van der Waals surface area (Å²) in [5.74, 6) is 0. The Balaban J connectivity index is 1.23. The van der Waals surface area contributed by atoms with E-state index >= 15 is 0 Å². The zero-order valence-electron chi connectivity index (χ0n) is 25.0. The number of hydrogen-bond donors (Lipinski definition) is 0. The van der Waals surface area contributed by atoms with Crippen LogP contribution in [0.5, 0.6) is 0 Å². The van der Waals surface area contributed by atoms with Crippen LogP contribution in [-0.4, -0.2) is 15.0 Å². The molecule has 0 nitrogen and oxygen atoms in total. The molecule has 212 valence electrons. The van der Waals surface area contributed by atoms with Crippen LogP contribution in [0.3, 0.4) is 0 Å². The molecular weight excluding hydrogens is 559 g/mol. The van der Waals surface area contributed by atoms with E-state index in [0.29, 0.717) is 15.0 Å². The van der Waals surface area contributed by atoms with E-state index in [0.717, 1.165) is 0 Å². The van der Waals surface area contributed by atoms with Crippen molar-refractivity contribution < 1.29 is 0 Å². The number of rotatable bonds is 16. The number of hydrogen-bond acceptors (Lipinski definition) is 0. The first-order chi connectivity index (χ1) is 20.2. The summed E-state index contributed by atoms with van der Waals surface area (Å²) in [6.07, 6.45) is 21.8. The van der Waals surface area contributed by atoms with Gasteiger partial charge < -0.3 is 0 Å². The number of benzene rings is 4. The molecule has 0 N–H and O–H groups in total. The van der Waals surface area contributed by atoms with E-state index in [1.807, 2.05) is 0 Å². The SMILES string of the molecule is CCCCCCc1ccc(/C=C/c2ccc([Se]c3ccc(/C=C/c4ccc(CCCCCC)cc4)cc3)cc2)cc1. The maximum atomic E-state index is 2.28. The molecule has 41 heavy (non-hydrogen) atoms. The van der Waals surface area contributed by atoms with Gasteiger partial charge in [-0.2, -0.15) is 0 Å². The van der Waals surface area contributed by atoms with Crippen molar-refractivity contribution in [2.24, 2.45) is 0 Å². The van der Waals surface area contributed by atoms with Gasteiger partial charge >= 0.3 is 204 Å². The van der Waals surface area contributed by atoms with Crippen LogP contribution in [0.4, 0.5) is 0 Å². The molecule has 1 heteroatoms. The van der Waals surface area contributed by atoms with Gasteiger partial charge in [-0.25, -0.2) is 0 Å². The molecule has 4 rings (SSSR count). The van der Waals surface area contributed by atoms with Gasteiger partial charge in [0.05, 0.1) is 0 Å². The third-order valence-electron chi connectivity index (χ3n) is 7.53. The molecule has 0 saturated heterocycles. The number of aryl methyl sites for hydroxylation is 2. The van der Waals surface area contributed by atoms with Crippen LogP contribution >= 0.6 is 0 Å². The first-order valence-electron chi connectivity index (χ1n) is 15.6. The Hall–Kier alpha value is -3.12. The molecule has 0 aliphatic heterocycles. The fourth-order valence-corrected chi connectivity index (χ4v) is 6.63. The van der Waals surface area contributed by atoms with Gasteiger partial charge in [-0.1, -0.05) is 52.4 Å². The predicted octanol–water partition coefficient (Wildman–Crippen LogP) is 9.93. The van der Waals surface area contributed by atoms with Crippen LogP contribution in [0, 0.1) is 0 Å². The van der Waals surface area contributed by atoms with Crippen LogP contribution in [0.1, 0.15) is 98.6 Å². The van der Waals surface area contributed by atoms with Crippen molar-refractivity contribution in [3.8, 4) is 0 Å².